The molecule has 0 spiro atoms. The molecule has 6 heteroatoms. The second-order valence-corrected chi connectivity index (χ2v) is 6.37. The average molecular weight is 349 g/mol. The van der Waals surface area contributed by atoms with E-state index >= 15 is 0 Å². The van der Waals surface area contributed by atoms with Gasteiger partial charge in [0.15, 0.2) is 5.60 Å². The zero-order valence-corrected chi connectivity index (χ0v) is 13.7. The van der Waals surface area contributed by atoms with Crippen molar-refractivity contribution in [2.75, 3.05) is 6.54 Å². The van der Waals surface area contributed by atoms with Crippen LogP contribution in [0.1, 0.15) is 23.1 Å². The molecule has 1 fully saturated rings. The minimum Gasteiger partial charge on any atom is -0.436 e. The topological polar surface area (TPSA) is 29.5 Å². The van der Waals surface area contributed by atoms with E-state index in [1.807, 2.05) is 30.3 Å². The van der Waals surface area contributed by atoms with Crippen LogP contribution in [0.5, 0.6) is 0 Å². The third-order valence-corrected chi connectivity index (χ3v) is 4.23. The van der Waals surface area contributed by atoms with Gasteiger partial charge in [0.05, 0.1) is 13.0 Å². The molecule has 0 saturated carbocycles. The van der Waals surface area contributed by atoms with Crippen LogP contribution in [-0.4, -0.2) is 23.7 Å². The number of amides is 1. The second kappa shape index (κ2) is 6.43. The molecule has 1 amide bonds. The van der Waals surface area contributed by atoms with Crippen LogP contribution in [0.3, 0.4) is 0 Å². The fourth-order valence-corrected chi connectivity index (χ4v) is 3.16. The summed E-state index contributed by atoms with van der Waals surface area (Å²) in [5, 5.41) is 0. The van der Waals surface area contributed by atoms with Gasteiger partial charge in [0.1, 0.15) is 0 Å². The van der Waals surface area contributed by atoms with Gasteiger partial charge < -0.3 is 4.74 Å². The summed E-state index contributed by atoms with van der Waals surface area (Å²) in [6.45, 7) is 1.87. The van der Waals surface area contributed by atoms with Gasteiger partial charge in [0, 0.05) is 6.54 Å². The minimum absolute atomic E-state index is 0.135. The molecule has 3 rings (SSSR count). The summed E-state index contributed by atoms with van der Waals surface area (Å²) in [5.41, 5.74) is 0.313. The van der Waals surface area contributed by atoms with Crippen LogP contribution in [-0.2, 0) is 16.9 Å². The molecule has 1 atom stereocenters. The lowest BCUT2D eigenvalue weighted by Gasteiger charge is -2.28. The average Bonchev–Trinajstić information content (AvgIpc) is 2.83. The van der Waals surface area contributed by atoms with E-state index < -0.39 is 24.3 Å². The van der Waals surface area contributed by atoms with E-state index in [1.165, 1.54) is 4.90 Å². The lowest BCUT2D eigenvalue weighted by atomic mass is 9.89. The monoisotopic (exact) mass is 349 g/mol. The lowest BCUT2D eigenvalue weighted by molar-refractivity contribution is -0.171. The Morgan fingerprint density at radius 2 is 1.84 bits per heavy atom. The van der Waals surface area contributed by atoms with Crippen molar-refractivity contribution < 1.29 is 22.7 Å². The van der Waals surface area contributed by atoms with Gasteiger partial charge in [-0.3, -0.25) is 4.90 Å². The van der Waals surface area contributed by atoms with Crippen molar-refractivity contribution in [1.82, 2.24) is 4.90 Å². The van der Waals surface area contributed by atoms with Gasteiger partial charge in [-0.15, -0.1) is 0 Å². The molecule has 0 aliphatic carbocycles. The van der Waals surface area contributed by atoms with Crippen molar-refractivity contribution >= 4 is 6.09 Å². The van der Waals surface area contributed by atoms with Gasteiger partial charge in [-0.25, -0.2) is 4.79 Å². The standard InChI is InChI=1S/C19H18F3NO2/c1-14-6-5-9-16(10-14)18(12-19(20,21)22)13-23(17(24)25-18)11-15-7-3-2-4-8-15/h2-10H,11-13H2,1H3. The quantitative estimate of drug-likeness (QED) is 0.794. The molecule has 1 unspecified atom stereocenters. The van der Waals surface area contributed by atoms with Crippen molar-refractivity contribution in [3.63, 3.8) is 0 Å². The van der Waals surface area contributed by atoms with E-state index in [0.717, 1.165) is 11.1 Å². The lowest BCUT2D eigenvalue weighted by Crippen LogP contribution is -2.36. The molecule has 2 aromatic rings. The smallest absolute Gasteiger partial charge is 0.411 e. The Labute approximate surface area is 144 Å². The number of carbonyl (C=O) groups excluding carboxylic acids is 1. The molecule has 0 radical (unpaired) electrons. The summed E-state index contributed by atoms with van der Waals surface area (Å²) in [6.07, 6.45) is -6.39. The summed E-state index contributed by atoms with van der Waals surface area (Å²) in [7, 11) is 0. The molecule has 1 aliphatic rings. The first-order valence-corrected chi connectivity index (χ1v) is 7.93. The van der Waals surface area contributed by atoms with E-state index in [4.69, 9.17) is 4.74 Å². The molecule has 2 aromatic carbocycles. The molecule has 25 heavy (non-hydrogen) atoms. The largest absolute Gasteiger partial charge is 0.436 e. The summed E-state index contributed by atoms with van der Waals surface area (Å²) in [4.78, 5) is 13.6. The minimum atomic E-state index is -4.45. The van der Waals surface area contributed by atoms with Gasteiger partial charge in [-0.1, -0.05) is 60.2 Å². The normalized spacial score (nSPS) is 20.6. The number of nitrogens with zero attached hydrogens (tertiary/aromatic N) is 1. The number of cyclic esters (lactones) is 1. The maximum Gasteiger partial charge on any atom is 0.411 e. The number of hydrogen-bond acceptors (Lipinski definition) is 2. The Hall–Kier alpha value is -2.50. The van der Waals surface area contributed by atoms with Crippen LogP contribution in [0, 0.1) is 6.92 Å². The molecule has 3 nitrogen and oxygen atoms in total. The van der Waals surface area contributed by atoms with Gasteiger partial charge in [0.2, 0.25) is 0 Å². The maximum absolute atomic E-state index is 13.2. The van der Waals surface area contributed by atoms with Crippen LogP contribution in [0.15, 0.2) is 54.6 Å². The zero-order valence-electron chi connectivity index (χ0n) is 13.7. The number of halogens is 3. The third kappa shape index (κ3) is 3.95. The fourth-order valence-electron chi connectivity index (χ4n) is 3.16. The fraction of sp³-hybridized carbons (Fsp3) is 0.316. The van der Waals surface area contributed by atoms with E-state index in [2.05, 4.69) is 0 Å². The highest BCUT2D eigenvalue weighted by Crippen LogP contribution is 2.42. The summed E-state index contributed by atoms with van der Waals surface area (Å²) in [5.74, 6) is 0. The van der Waals surface area contributed by atoms with E-state index in [9.17, 15) is 18.0 Å². The summed E-state index contributed by atoms with van der Waals surface area (Å²) in [6, 6.07) is 15.8. The van der Waals surface area contributed by atoms with Crippen LogP contribution in [0.4, 0.5) is 18.0 Å². The first-order chi connectivity index (χ1) is 11.8. The van der Waals surface area contributed by atoms with Crippen molar-refractivity contribution in [2.45, 2.75) is 31.7 Å². The third-order valence-electron chi connectivity index (χ3n) is 4.23. The van der Waals surface area contributed by atoms with Gasteiger partial charge >= 0.3 is 12.3 Å². The predicted octanol–water partition coefficient (Wildman–Crippen LogP) is 4.80. The Bertz CT molecular complexity index is 761. The number of alkyl halides is 3. The predicted molar refractivity (Wildman–Crippen MR) is 86.9 cm³/mol. The molecule has 1 aliphatic heterocycles. The van der Waals surface area contributed by atoms with Gasteiger partial charge in [-0.05, 0) is 18.1 Å². The first kappa shape index (κ1) is 17.3. The molecule has 0 bridgehead atoms. The van der Waals surface area contributed by atoms with Gasteiger partial charge in [-0.2, -0.15) is 13.2 Å². The van der Waals surface area contributed by atoms with Crippen molar-refractivity contribution in [3.05, 3.63) is 71.3 Å². The Kier molecular flexibility index (Phi) is 4.45. The molecule has 0 aromatic heterocycles. The number of benzene rings is 2. The second-order valence-electron chi connectivity index (χ2n) is 6.37. The van der Waals surface area contributed by atoms with Crippen molar-refractivity contribution in [3.8, 4) is 0 Å². The highest BCUT2D eigenvalue weighted by Gasteiger charge is 2.53. The summed E-state index contributed by atoms with van der Waals surface area (Å²) >= 11 is 0. The first-order valence-electron chi connectivity index (χ1n) is 7.93. The highest BCUT2D eigenvalue weighted by molar-refractivity contribution is 5.71. The zero-order chi connectivity index (χ0) is 18.1. The van der Waals surface area contributed by atoms with E-state index in [0.29, 0.717) is 5.56 Å². The molecule has 1 saturated heterocycles. The number of aryl methyl sites for hydroxylation is 1. The Morgan fingerprint density at radius 1 is 1.12 bits per heavy atom. The summed E-state index contributed by atoms with van der Waals surface area (Å²) < 4.78 is 44.9. The number of carbonyl (C=O) groups is 1. The number of rotatable bonds is 4. The molecular formula is C19H18F3NO2. The molecule has 132 valence electrons. The van der Waals surface area contributed by atoms with Crippen LogP contribution in [0.2, 0.25) is 0 Å². The Balaban J connectivity index is 1.92. The van der Waals surface area contributed by atoms with Crippen molar-refractivity contribution in [2.24, 2.45) is 0 Å². The molecule has 0 N–H and O–H groups in total. The molecule has 1 heterocycles. The van der Waals surface area contributed by atoms with Crippen LogP contribution < -0.4 is 0 Å². The van der Waals surface area contributed by atoms with Crippen LogP contribution in [0.25, 0.3) is 0 Å². The number of hydrogen-bond donors (Lipinski definition) is 0. The van der Waals surface area contributed by atoms with E-state index in [1.54, 1.807) is 31.2 Å². The Morgan fingerprint density at radius 3 is 2.48 bits per heavy atom. The number of ether oxygens (including phenoxy) is 1. The van der Waals surface area contributed by atoms with E-state index in [-0.39, 0.29) is 13.1 Å². The maximum atomic E-state index is 13.2. The van der Waals surface area contributed by atoms with Crippen LogP contribution >= 0.6 is 0 Å². The molecular weight excluding hydrogens is 331 g/mol. The SMILES string of the molecule is Cc1cccc(C2(CC(F)(F)F)CN(Cc3ccccc3)C(=O)O2)c1. The highest BCUT2D eigenvalue weighted by atomic mass is 19.4. The van der Waals surface area contributed by atoms with Gasteiger partial charge in [0.25, 0.3) is 0 Å². The van der Waals surface area contributed by atoms with Crippen molar-refractivity contribution in [1.29, 1.82) is 0 Å².